The van der Waals surface area contributed by atoms with Gasteiger partial charge in [-0.25, -0.2) is 4.98 Å². The molecule has 6 heterocycles. The Morgan fingerprint density at radius 2 is 2.06 bits per heavy atom. The summed E-state index contributed by atoms with van der Waals surface area (Å²) >= 11 is 6.10. The van der Waals surface area contributed by atoms with Gasteiger partial charge in [0, 0.05) is 25.2 Å². The summed E-state index contributed by atoms with van der Waals surface area (Å²) in [5.41, 5.74) is -1.26. The minimum Gasteiger partial charge on any atom is -0.505 e. The van der Waals surface area contributed by atoms with Crippen LogP contribution in [-0.2, 0) is 39.2 Å². The molecular formula is C32H29ClF3N7O6. The number of hydrogen-bond donors (Lipinski definition) is 2. The highest BCUT2D eigenvalue weighted by molar-refractivity contribution is 6.33. The van der Waals surface area contributed by atoms with Gasteiger partial charge in [0.15, 0.2) is 11.5 Å². The molecule has 4 aromatic rings. The van der Waals surface area contributed by atoms with Crippen molar-refractivity contribution in [2.45, 2.75) is 57.2 Å². The second-order valence-electron chi connectivity index (χ2n) is 12.1. The molecule has 0 unspecified atom stereocenters. The highest BCUT2D eigenvalue weighted by Crippen LogP contribution is 2.45. The molecule has 0 radical (unpaired) electrons. The van der Waals surface area contributed by atoms with Crippen LogP contribution in [0.1, 0.15) is 59.3 Å². The van der Waals surface area contributed by atoms with Crippen molar-refractivity contribution in [3.63, 3.8) is 0 Å². The smallest absolute Gasteiger partial charge is 0.416 e. The van der Waals surface area contributed by atoms with E-state index in [-0.39, 0.29) is 59.5 Å². The van der Waals surface area contributed by atoms with Crippen LogP contribution in [0.4, 0.5) is 18.9 Å². The summed E-state index contributed by atoms with van der Waals surface area (Å²) in [5, 5.41) is 17.0. The molecule has 2 N–H and O–H groups in total. The zero-order chi connectivity index (χ0) is 34.7. The number of amides is 2. The first kappa shape index (κ1) is 32.7. The van der Waals surface area contributed by atoms with Gasteiger partial charge in [0.25, 0.3) is 11.5 Å². The Hall–Kier alpha value is -4.80. The molecule has 17 heteroatoms. The zero-order valence-electron chi connectivity index (χ0n) is 26.0. The van der Waals surface area contributed by atoms with Gasteiger partial charge in [-0.1, -0.05) is 17.7 Å². The van der Waals surface area contributed by atoms with Gasteiger partial charge in [0.2, 0.25) is 11.7 Å². The van der Waals surface area contributed by atoms with E-state index in [1.165, 1.54) is 22.9 Å². The second kappa shape index (κ2) is 12.3. The van der Waals surface area contributed by atoms with Crippen molar-refractivity contribution in [2.24, 2.45) is 0 Å². The number of pyridine rings is 1. The summed E-state index contributed by atoms with van der Waals surface area (Å²) in [6, 6.07) is 5.06. The maximum Gasteiger partial charge on any atom is 0.416 e. The van der Waals surface area contributed by atoms with Gasteiger partial charge in [-0.2, -0.15) is 22.7 Å². The Morgan fingerprint density at radius 1 is 1.24 bits per heavy atom. The summed E-state index contributed by atoms with van der Waals surface area (Å²) in [5.74, 6) is -0.982. The molecule has 13 nitrogen and oxygen atoms in total. The SMILES string of the molecule is C[C@@H]1C[C@@]2(CCN1C(=O)c1ncccc1O)OCc1c2c(=O)n2nc(C3=CCOCC3)nc2n1CC(=O)Nc1ccc(C(F)(F)F)cc1Cl. The minimum atomic E-state index is -4.61. The van der Waals surface area contributed by atoms with E-state index in [9.17, 15) is 32.7 Å². The van der Waals surface area contributed by atoms with Crippen LogP contribution >= 0.6 is 11.6 Å². The fraction of sp³-hybridized carbons (Fsp3) is 0.375. The van der Waals surface area contributed by atoms with Gasteiger partial charge in [-0.3, -0.25) is 14.4 Å². The number of halogens is 4. The standard InChI is InChI=1S/C32H29ClF3N7O6/c1-17-14-31(8-10-41(17)29(47)26-23(44)3-2-9-37-26)25-22(16-49-31)42(15-24(45)38-21-5-4-19(13-20(21)33)32(34,35)36)30-39-27(40-43(30)28(25)46)18-6-11-48-12-7-18/h2-6,9,13,17,44H,7-8,10-12,14-16H2,1H3,(H,38,45)/t17-,31-/m1/s1. The lowest BCUT2D eigenvalue weighted by atomic mass is 9.82. The molecule has 1 spiro atoms. The fourth-order valence-corrected chi connectivity index (χ4v) is 6.94. The van der Waals surface area contributed by atoms with Crippen molar-refractivity contribution in [3.05, 3.63) is 86.3 Å². The number of ether oxygens (including phenoxy) is 2. The number of fused-ring (bicyclic) bond motifs is 3. The number of carbonyl (C=O) groups is 2. The lowest BCUT2D eigenvalue weighted by molar-refractivity contribution is -0.137. The number of nitrogens with one attached hydrogen (secondary N) is 1. The number of aromatic hydroxyl groups is 1. The number of rotatable bonds is 5. The topological polar surface area (TPSA) is 153 Å². The molecule has 1 saturated heterocycles. The highest BCUT2D eigenvalue weighted by Gasteiger charge is 2.50. The van der Waals surface area contributed by atoms with Crippen molar-refractivity contribution in [3.8, 4) is 5.75 Å². The third-order valence-corrected chi connectivity index (χ3v) is 9.39. The maximum atomic E-state index is 14.3. The summed E-state index contributed by atoms with van der Waals surface area (Å²) < 4.78 is 54.0. The van der Waals surface area contributed by atoms with E-state index in [0.717, 1.165) is 28.3 Å². The van der Waals surface area contributed by atoms with E-state index in [0.29, 0.717) is 31.2 Å². The minimum absolute atomic E-state index is 0.0274. The Balaban J connectivity index is 1.26. The van der Waals surface area contributed by atoms with Crippen molar-refractivity contribution >= 4 is 40.5 Å². The molecule has 3 aromatic heterocycles. The van der Waals surface area contributed by atoms with Crippen molar-refractivity contribution in [1.82, 2.24) is 29.0 Å². The van der Waals surface area contributed by atoms with Gasteiger partial charge in [-0.05, 0) is 55.7 Å². The average Bonchev–Trinajstić information content (AvgIpc) is 3.67. The van der Waals surface area contributed by atoms with E-state index < -0.39 is 47.3 Å². The van der Waals surface area contributed by atoms with Crippen LogP contribution in [0.3, 0.4) is 0 Å². The molecule has 0 saturated carbocycles. The second-order valence-corrected chi connectivity index (χ2v) is 12.5. The molecule has 3 aliphatic heterocycles. The summed E-state index contributed by atoms with van der Waals surface area (Å²) in [6.07, 6.45) is -0.427. The number of likely N-dealkylation sites (tertiary alicyclic amines) is 1. The van der Waals surface area contributed by atoms with E-state index in [1.807, 2.05) is 13.0 Å². The van der Waals surface area contributed by atoms with Crippen LogP contribution in [-0.4, -0.2) is 71.8 Å². The average molecular weight is 700 g/mol. The van der Waals surface area contributed by atoms with E-state index >= 15 is 0 Å². The van der Waals surface area contributed by atoms with Gasteiger partial charge < -0.3 is 29.4 Å². The van der Waals surface area contributed by atoms with Crippen LogP contribution in [0.25, 0.3) is 11.4 Å². The third-order valence-electron chi connectivity index (χ3n) is 9.08. The van der Waals surface area contributed by atoms with Gasteiger partial charge in [0.1, 0.15) is 17.9 Å². The van der Waals surface area contributed by atoms with E-state index in [4.69, 9.17) is 21.1 Å². The molecule has 2 amide bonds. The van der Waals surface area contributed by atoms with Crippen LogP contribution in [0, 0.1) is 0 Å². The van der Waals surface area contributed by atoms with Crippen molar-refractivity contribution in [1.29, 1.82) is 0 Å². The molecule has 256 valence electrons. The summed E-state index contributed by atoms with van der Waals surface area (Å²) in [7, 11) is 0. The first-order valence-corrected chi connectivity index (χ1v) is 15.8. The molecule has 1 fully saturated rings. The lowest BCUT2D eigenvalue weighted by Gasteiger charge is -2.43. The number of piperidine rings is 1. The Labute approximate surface area is 280 Å². The molecule has 3 aliphatic rings. The lowest BCUT2D eigenvalue weighted by Crippen LogP contribution is -2.51. The number of aromatic nitrogens is 5. The largest absolute Gasteiger partial charge is 0.505 e. The van der Waals surface area contributed by atoms with E-state index in [1.54, 1.807) is 4.90 Å². The Morgan fingerprint density at radius 3 is 2.76 bits per heavy atom. The molecule has 49 heavy (non-hydrogen) atoms. The van der Waals surface area contributed by atoms with Crippen LogP contribution in [0.15, 0.2) is 47.4 Å². The summed E-state index contributed by atoms with van der Waals surface area (Å²) in [6.45, 7) is 2.32. The number of benzene rings is 1. The van der Waals surface area contributed by atoms with Gasteiger partial charge >= 0.3 is 6.18 Å². The molecule has 1 aromatic carbocycles. The maximum absolute atomic E-state index is 14.3. The van der Waals surface area contributed by atoms with Crippen LogP contribution in [0.2, 0.25) is 5.02 Å². The number of alkyl halides is 3. The van der Waals surface area contributed by atoms with E-state index in [2.05, 4.69) is 20.4 Å². The molecular weight excluding hydrogens is 671 g/mol. The number of hydrogen-bond acceptors (Lipinski definition) is 9. The molecule has 0 bridgehead atoms. The van der Waals surface area contributed by atoms with Crippen LogP contribution in [0.5, 0.6) is 5.75 Å². The van der Waals surface area contributed by atoms with Crippen molar-refractivity contribution < 1.29 is 37.3 Å². The highest BCUT2D eigenvalue weighted by atomic mass is 35.5. The number of anilines is 1. The van der Waals surface area contributed by atoms with Gasteiger partial charge in [0.05, 0.1) is 47.4 Å². The van der Waals surface area contributed by atoms with Crippen LogP contribution < -0.4 is 10.9 Å². The number of nitrogens with zero attached hydrogens (tertiary/aromatic N) is 6. The third kappa shape index (κ3) is 5.82. The Kier molecular flexibility index (Phi) is 8.19. The number of carbonyl (C=O) groups excluding carboxylic acids is 2. The first-order valence-electron chi connectivity index (χ1n) is 15.4. The Bertz CT molecular complexity index is 2100. The zero-order valence-corrected chi connectivity index (χ0v) is 26.7. The molecule has 2 atom stereocenters. The van der Waals surface area contributed by atoms with Crippen molar-refractivity contribution in [2.75, 3.05) is 25.1 Å². The predicted octanol–water partition coefficient (Wildman–Crippen LogP) is 4.16. The predicted molar refractivity (Wildman–Crippen MR) is 168 cm³/mol. The normalized spacial score (nSPS) is 20.8. The monoisotopic (exact) mass is 699 g/mol. The quantitative estimate of drug-likeness (QED) is 0.313. The summed E-state index contributed by atoms with van der Waals surface area (Å²) in [4.78, 5) is 51.3. The van der Waals surface area contributed by atoms with Gasteiger partial charge in [-0.15, -0.1) is 5.10 Å². The fourth-order valence-electron chi connectivity index (χ4n) is 6.71. The molecule has 0 aliphatic carbocycles. The molecule has 7 rings (SSSR count). The first-order chi connectivity index (χ1) is 23.4.